The highest BCUT2D eigenvalue weighted by Crippen LogP contribution is 2.43. The van der Waals surface area contributed by atoms with Crippen molar-refractivity contribution in [3.05, 3.63) is 95.1 Å². The van der Waals surface area contributed by atoms with E-state index in [4.69, 9.17) is 9.47 Å². The normalized spacial score (nSPS) is 17.2. The van der Waals surface area contributed by atoms with Crippen molar-refractivity contribution in [2.24, 2.45) is 0 Å². The number of ketones is 1. The molecule has 6 heteroatoms. The van der Waals surface area contributed by atoms with Crippen LogP contribution in [0.25, 0.3) is 5.76 Å². The zero-order chi connectivity index (χ0) is 26.7. The van der Waals surface area contributed by atoms with Crippen molar-refractivity contribution in [2.75, 3.05) is 18.6 Å². The minimum absolute atomic E-state index is 0.0281. The van der Waals surface area contributed by atoms with Gasteiger partial charge in [-0.3, -0.25) is 14.5 Å². The fourth-order valence-corrected chi connectivity index (χ4v) is 4.43. The molecule has 6 nitrogen and oxygen atoms in total. The van der Waals surface area contributed by atoms with Crippen molar-refractivity contribution < 1.29 is 24.2 Å². The SMILES string of the molecule is CCCOc1ccc(/C(O)=C2/C(=O)C(=O)N(c3ccc(C(C)(C)C)cc3)C2c2cccc(OC)c2)cc1. The lowest BCUT2D eigenvalue weighted by atomic mass is 9.87. The molecule has 1 saturated heterocycles. The van der Waals surface area contributed by atoms with Crippen molar-refractivity contribution >= 4 is 23.1 Å². The Hall–Kier alpha value is -4.06. The quantitative estimate of drug-likeness (QED) is 0.231. The molecule has 0 saturated carbocycles. The second kappa shape index (κ2) is 10.5. The number of hydrogen-bond acceptors (Lipinski definition) is 5. The molecule has 1 aliphatic rings. The number of carbonyl (C=O) groups is 2. The Balaban J connectivity index is 1.85. The molecule has 4 rings (SSSR count). The zero-order valence-electron chi connectivity index (χ0n) is 21.9. The predicted molar refractivity (Wildman–Crippen MR) is 145 cm³/mol. The Morgan fingerprint density at radius 1 is 0.946 bits per heavy atom. The van der Waals surface area contributed by atoms with Crippen molar-refractivity contribution in [1.29, 1.82) is 0 Å². The topological polar surface area (TPSA) is 76.1 Å². The van der Waals surface area contributed by atoms with Crippen LogP contribution in [0.4, 0.5) is 5.69 Å². The Morgan fingerprint density at radius 3 is 2.22 bits per heavy atom. The molecule has 1 fully saturated rings. The molecule has 1 N–H and O–H groups in total. The van der Waals surface area contributed by atoms with Crippen molar-refractivity contribution in [1.82, 2.24) is 0 Å². The van der Waals surface area contributed by atoms with Gasteiger partial charge in [0.1, 0.15) is 17.3 Å². The summed E-state index contributed by atoms with van der Waals surface area (Å²) in [5.41, 5.74) is 2.73. The van der Waals surface area contributed by atoms with E-state index in [0.717, 1.165) is 12.0 Å². The van der Waals surface area contributed by atoms with E-state index < -0.39 is 17.7 Å². The summed E-state index contributed by atoms with van der Waals surface area (Å²) < 4.78 is 11.0. The van der Waals surface area contributed by atoms with Crippen LogP contribution >= 0.6 is 0 Å². The fourth-order valence-electron chi connectivity index (χ4n) is 4.43. The zero-order valence-corrected chi connectivity index (χ0v) is 21.9. The monoisotopic (exact) mass is 499 g/mol. The lowest BCUT2D eigenvalue weighted by molar-refractivity contribution is -0.132. The molecule has 0 bridgehead atoms. The molecular weight excluding hydrogens is 466 g/mol. The van der Waals surface area contributed by atoms with Gasteiger partial charge in [-0.15, -0.1) is 0 Å². The number of hydrogen-bond donors (Lipinski definition) is 1. The van der Waals surface area contributed by atoms with E-state index in [0.29, 0.717) is 34.9 Å². The molecular formula is C31H33NO5. The highest BCUT2D eigenvalue weighted by Gasteiger charge is 2.47. The Morgan fingerprint density at radius 2 is 1.62 bits per heavy atom. The van der Waals surface area contributed by atoms with Gasteiger partial charge in [-0.1, -0.05) is 52.0 Å². The first-order valence-electron chi connectivity index (χ1n) is 12.4. The average molecular weight is 500 g/mol. The highest BCUT2D eigenvalue weighted by molar-refractivity contribution is 6.51. The number of rotatable bonds is 7. The maximum absolute atomic E-state index is 13.4. The van der Waals surface area contributed by atoms with Crippen LogP contribution in [-0.4, -0.2) is 30.5 Å². The molecule has 0 aliphatic carbocycles. The lowest BCUT2D eigenvalue weighted by Crippen LogP contribution is -2.29. The molecule has 37 heavy (non-hydrogen) atoms. The molecule has 1 aliphatic heterocycles. The second-order valence-corrected chi connectivity index (χ2v) is 10.1. The van der Waals surface area contributed by atoms with Gasteiger partial charge in [0.05, 0.1) is 25.3 Å². The number of ether oxygens (including phenoxy) is 2. The molecule has 1 atom stereocenters. The molecule has 3 aromatic carbocycles. The number of aliphatic hydroxyl groups excluding tert-OH is 1. The maximum atomic E-state index is 13.4. The summed E-state index contributed by atoms with van der Waals surface area (Å²) >= 11 is 0. The number of methoxy groups -OCH3 is 1. The molecule has 192 valence electrons. The number of anilines is 1. The van der Waals surface area contributed by atoms with Crippen LogP contribution in [0.2, 0.25) is 0 Å². The standard InChI is InChI=1S/C31H33NO5/c1-6-18-37-24-16-10-20(11-17-24)28(33)26-27(21-8-7-9-25(19-21)36-5)32(30(35)29(26)34)23-14-12-22(13-15-23)31(2,3)4/h7-17,19,27,33H,6,18H2,1-5H3/b28-26-. The molecule has 0 aromatic heterocycles. The smallest absolute Gasteiger partial charge is 0.300 e. The molecule has 1 heterocycles. The third kappa shape index (κ3) is 5.24. The van der Waals surface area contributed by atoms with E-state index in [1.165, 1.54) is 4.90 Å². The van der Waals surface area contributed by atoms with Gasteiger partial charge in [0.25, 0.3) is 11.7 Å². The summed E-state index contributed by atoms with van der Waals surface area (Å²) in [6.07, 6.45) is 0.877. The van der Waals surface area contributed by atoms with E-state index in [1.807, 2.05) is 37.3 Å². The predicted octanol–water partition coefficient (Wildman–Crippen LogP) is 6.41. The Kier molecular flexibility index (Phi) is 7.39. The van der Waals surface area contributed by atoms with Crippen molar-refractivity contribution in [3.8, 4) is 11.5 Å². The van der Waals surface area contributed by atoms with Gasteiger partial charge in [0.2, 0.25) is 0 Å². The highest BCUT2D eigenvalue weighted by atomic mass is 16.5. The van der Waals surface area contributed by atoms with Gasteiger partial charge in [-0.05, 0) is 71.5 Å². The number of carbonyl (C=O) groups excluding carboxylic acids is 2. The number of Topliss-reactive ketones (excluding diaryl/α,β-unsaturated/α-hetero) is 1. The van der Waals surface area contributed by atoms with Gasteiger partial charge in [-0.25, -0.2) is 0 Å². The summed E-state index contributed by atoms with van der Waals surface area (Å²) in [4.78, 5) is 28.3. The van der Waals surface area contributed by atoms with Crippen LogP contribution in [0.3, 0.4) is 0 Å². The van der Waals surface area contributed by atoms with Gasteiger partial charge in [0, 0.05) is 11.3 Å². The van der Waals surface area contributed by atoms with Crippen LogP contribution < -0.4 is 14.4 Å². The minimum atomic E-state index is -0.827. The van der Waals surface area contributed by atoms with Gasteiger partial charge in [0.15, 0.2) is 0 Å². The number of benzene rings is 3. The van der Waals surface area contributed by atoms with Crippen LogP contribution in [0.5, 0.6) is 11.5 Å². The molecule has 0 radical (unpaired) electrons. The van der Waals surface area contributed by atoms with Gasteiger partial charge < -0.3 is 14.6 Å². The van der Waals surface area contributed by atoms with E-state index >= 15 is 0 Å². The van der Waals surface area contributed by atoms with E-state index in [-0.39, 0.29) is 16.7 Å². The van der Waals surface area contributed by atoms with Gasteiger partial charge in [-0.2, -0.15) is 0 Å². The van der Waals surface area contributed by atoms with Crippen LogP contribution in [0.15, 0.2) is 78.4 Å². The maximum Gasteiger partial charge on any atom is 0.300 e. The van der Waals surface area contributed by atoms with E-state index in [2.05, 4.69) is 20.8 Å². The summed E-state index contributed by atoms with van der Waals surface area (Å²) in [6.45, 7) is 8.95. The lowest BCUT2D eigenvalue weighted by Gasteiger charge is -2.27. The first-order chi connectivity index (χ1) is 17.7. The number of nitrogens with zero attached hydrogens (tertiary/aromatic N) is 1. The third-order valence-electron chi connectivity index (χ3n) is 6.47. The van der Waals surface area contributed by atoms with Crippen molar-refractivity contribution in [3.63, 3.8) is 0 Å². The molecule has 1 unspecified atom stereocenters. The average Bonchev–Trinajstić information content (AvgIpc) is 3.17. The summed E-state index contributed by atoms with van der Waals surface area (Å²) in [7, 11) is 1.56. The fraction of sp³-hybridized carbons (Fsp3) is 0.290. The van der Waals surface area contributed by atoms with Crippen molar-refractivity contribution in [2.45, 2.75) is 45.6 Å². The minimum Gasteiger partial charge on any atom is -0.507 e. The van der Waals surface area contributed by atoms with E-state index in [9.17, 15) is 14.7 Å². The Labute approximate surface area is 218 Å². The largest absolute Gasteiger partial charge is 0.507 e. The molecule has 1 amide bonds. The second-order valence-electron chi connectivity index (χ2n) is 10.1. The molecule has 3 aromatic rings. The summed E-state index contributed by atoms with van der Waals surface area (Å²) in [5, 5.41) is 11.4. The first-order valence-corrected chi connectivity index (χ1v) is 12.4. The van der Waals surface area contributed by atoms with Crippen LogP contribution in [-0.2, 0) is 15.0 Å². The van der Waals surface area contributed by atoms with Gasteiger partial charge >= 0.3 is 0 Å². The summed E-state index contributed by atoms with van der Waals surface area (Å²) in [6, 6.07) is 20.9. The van der Waals surface area contributed by atoms with E-state index in [1.54, 1.807) is 49.6 Å². The number of amides is 1. The third-order valence-corrected chi connectivity index (χ3v) is 6.47. The molecule has 0 spiro atoms. The Bertz CT molecular complexity index is 1320. The number of aliphatic hydroxyl groups is 1. The van der Waals surface area contributed by atoms with Crippen LogP contribution in [0, 0.1) is 0 Å². The first kappa shape index (κ1) is 26.0. The summed E-state index contributed by atoms with van der Waals surface area (Å²) in [5.74, 6) is -0.412. The van der Waals surface area contributed by atoms with Crippen LogP contribution in [0.1, 0.15) is 56.8 Å².